The van der Waals surface area contributed by atoms with Gasteiger partial charge in [0, 0.05) is 41.6 Å². The Hall–Kier alpha value is -1.53. The van der Waals surface area contributed by atoms with Crippen LogP contribution < -0.4 is 10.6 Å². The highest BCUT2D eigenvalue weighted by Gasteiger charge is 2.43. The minimum absolute atomic E-state index is 0.323. The molecule has 0 radical (unpaired) electrons. The quantitative estimate of drug-likeness (QED) is 0.546. The summed E-state index contributed by atoms with van der Waals surface area (Å²) in [6, 6.07) is 10.7. The van der Waals surface area contributed by atoms with E-state index in [1.807, 2.05) is 18.8 Å². The Kier molecular flexibility index (Phi) is 6.37. The molecule has 0 atom stereocenters. The summed E-state index contributed by atoms with van der Waals surface area (Å²) in [6.07, 6.45) is 4.47. The monoisotopic (exact) mass is 374 g/mol. The summed E-state index contributed by atoms with van der Waals surface area (Å²) in [5.41, 5.74) is 1.17. The third kappa shape index (κ3) is 5.47. The maximum absolute atomic E-state index is 4.61. The Morgan fingerprint density at radius 2 is 2.08 bits per heavy atom. The fourth-order valence-corrected chi connectivity index (χ4v) is 4.62. The maximum Gasteiger partial charge on any atom is 0.191 e. The van der Waals surface area contributed by atoms with Gasteiger partial charge in [0.1, 0.15) is 0 Å². The van der Waals surface area contributed by atoms with Crippen molar-refractivity contribution in [2.45, 2.75) is 42.2 Å². The van der Waals surface area contributed by atoms with E-state index in [0.717, 1.165) is 31.9 Å². The number of aryl methyl sites for hydroxylation is 1. The Bertz CT molecular complexity index is 692. The molecule has 2 aromatic rings. The third-order valence-electron chi connectivity index (χ3n) is 4.26. The van der Waals surface area contributed by atoms with Crippen molar-refractivity contribution in [3.05, 3.63) is 46.4 Å². The van der Waals surface area contributed by atoms with E-state index in [1.54, 1.807) is 11.3 Å². The number of thiazole rings is 1. The first-order valence-electron chi connectivity index (χ1n) is 8.85. The lowest BCUT2D eigenvalue weighted by molar-refractivity contribution is 0.756. The molecule has 1 aromatic heterocycles. The summed E-state index contributed by atoms with van der Waals surface area (Å²) < 4.78 is 0.323. The predicted octanol–water partition coefficient (Wildman–Crippen LogP) is 3.74. The lowest BCUT2D eigenvalue weighted by Crippen LogP contribution is -2.41. The van der Waals surface area contributed by atoms with Crippen LogP contribution in [0.2, 0.25) is 0 Å². The summed E-state index contributed by atoms with van der Waals surface area (Å²) in [7, 11) is 1.83. The molecule has 1 saturated carbocycles. The Labute approximate surface area is 158 Å². The fraction of sp³-hybridized carbons (Fsp3) is 0.474. The van der Waals surface area contributed by atoms with E-state index in [9.17, 15) is 0 Å². The number of hydrogen-bond acceptors (Lipinski definition) is 4. The molecule has 1 aliphatic carbocycles. The van der Waals surface area contributed by atoms with Crippen LogP contribution in [0.4, 0.5) is 0 Å². The first-order valence-corrected chi connectivity index (χ1v) is 10.5. The van der Waals surface area contributed by atoms with Crippen LogP contribution in [0.15, 0.2) is 45.6 Å². The van der Waals surface area contributed by atoms with Gasteiger partial charge in [0.2, 0.25) is 0 Å². The van der Waals surface area contributed by atoms with Crippen molar-refractivity contribution in [3.8, 4) is 0 Å². The largest absolute Gasteiger partial charge is 0.356 e. The highest BCUT2D eigenvalue weighted by Crippen LogP contribution is 2.51. The van der Waals surface area contributed by atoms with Crippen molar-refractivity contribution in [3.63, 3.8) is 0 Å². The second kappa shape index (κ2) is 8.72. The van der Waals surface area contributed by atoms with Crippen molar-refractivity contribution in [1.29, 1.82) is 0 Å². The molecule has 0 aliphatic heterocycles. The van der Waals surface area contributed by atoms with Crippen molar-refractivity contribution in [2.75, 3.05) is 20.1 Å². The molecule has 0 bridgehead atoms. The van der Waals surface area contributed by atoms with Gasteiger partial charge in [-0.1, -0.05) is 25.1 Å². The number of benzene rings is 1. The number of nitrogens with zero attached hydrogens (tertiary/aromatic N) is 2. The van der Waals surface area contributed by atoms with Crippen LogP contribution in [-0.2, 0) is 12.8 Å². The zero-order valence-electron chi connectivity index (χ0n) is 14.9. The van der Waals surface area contributed by atoms with E-state index >= 15 is 0 Å². The number of guanidine groups is 1. The molecule has 3 rings (SSSR count). The van der Waals surface area contributed by atoms with E-state index in [-0.39, 0.29) is 0 Å². The molecule has 0 spiro atoms. The first kappa shape index (κ1) is 18.3. The van der Waals surface area contributed by atoms with Crippen LogP contribution in [0.3, 0.4) is 0 Å². The van der Waals surface area contributed by atoms with Crippen LogP contribution >= 0.6 is 23.1 Å². The zero-order chi connectivity index (χ0) is 17.5. The fourth-order valence-electron chi connectivity index (χ4n) is 2.59. The standard InChI is InChI=1S/C19H26N4S2/c1-3-17-23-15(13-24-17)9-12-21-18(20-2)22-14-19(10-11-19)25-16-7-5-4-6-8-16/h4-8,13H,3,9-12,14H2,1-2H3,(H2,20,21,22). The van der Waals surface area contributed by atoms with Crippen molar-refractivity contribution < 1.29 is 0 Å². The number of rotatable bonds is 8. The van der Waals surface area contributed by atoms with Gasteiger partial charge in [0.25, 0.3) is 0 Å². The molecule has 1 fully saturated rings. The van der Waals surface area contributed by atoms with Gasteiger partial charge in [0.05, 0.1) is 10.7 Å². The molecule has 0 unspecified atom stereocenters. The number of aliphatic imine (C=N–C) groups is 1. The molecule has 0 amide bonds. The van der Waals surface area contributed by atoms with Crippen LogP contribution in [0.5, 0.6) is 0 Å². The van der Waals surface area contributed by atoms with Gasteiger partial charge in [-0.05, 0) is 31.4 Å². The molecule has 2 N–H and O–H groups in total. The van der Waals surface area contributed by atoms with Crippen LogP contribution in [0.1, 0.15) is 30.5 Å². The zero-order valence-corrected chi connectivity index (χ0v) is 16.6. The Morgan fingerprint density at radius 3 is 2.72 bits per heavy atom. The molecule has 25 heavy (non-hydrogen) atoms. The lowest BCUT2D eigenvalue weighted by Gasteiger charge is -2.18. The summed E-state index contributed by atoms with van der Waals surface area (Å²) in [5.74, 6) is 0.880. The first-order chi connectivity index (χ1) is 12.2. The second-order valence-corrected chi connectivity index (χ2v) is 8.77. The average Bonchev–Trinajstić information content (AvgIpc) is 3.25. The highest BCUT2D eigenvalue weighted by molar-refractivity contribution is 8.01. The van der Waals surface area contributed by atoms with Crippen LogP contribution in [-0.4, -0.2) is 35.8 Å². The molecule has 1 aromatic carbocycles. The van der Waals surface area contributed by atoms with Gasteiger partial charge >= 0.3 is 0 Å². The molecule has 1 heterocycles. The number of nitrogens with one attached hydrogen (secondary N) is 2. The molecule has 1 aliphatic rings. The van der Waals surface area contributed by atoms with Crippen LogP contribution in [0, 0.1) is 0 Å². The van der Waals surface area contributed by atoms with Gasteiger partial charge in [-0.2, -0.15) is 0 Å². The topological polar surface area (TPSA) is 49.3 Å². The van der Waals surface area contributed by atoms with Gasteiger partial charge in [-0.3, -0.25) is 4.99 Å². The number of aromatic nitrogens is 1. The average molecular weight is 375 g/mol. The third-order valence-corrected chi connectivity index (χ3v) is 6.80. The Balaban J connectivity index is 1.41. The number of hydrogen-bond donors (Lipinski definition) is 2. The molecule has 134 valence electrons. The minimum atomic E-state index is 0.323. The highest BCUT2D eigenvalue weighted by atomic mass is 32.2. The van der Waals surface area contributed by atoms with E-state index in [0.29, 0.717) is 4.75 Å². The molecular formula is C19H26N4S2. The minimum Gasteiger partial charge on any atom is -0.356 e. The molecule has 6 heteroatoms. The molecule has 0 saturated heterocycles. The molecular weight excluding hydrogens is 348 g/mol. The number of thioether (sulfide) groups is 1. The van der Waals surface area contributed by atoms with Gasteiger partial charge in [-0.15, -0.1) is 23.1 Å². The lowest BCUT2D eigenvalue weighted by atomic mass is 10.3. The smallest absolute Gasteiger partial charge is 0.191 e. The summed E-state index contributed by atoms with van der Waals surface area (Å²) in [4.78, 5) is 10.3. The van der Waals surface area contributed by atoms with E-state index in [2.05, 4.69) is 63.2 Å². The van der Waals surface area contributed by atoms with E-state index in [1.165, 1.54) is 28.4 Å². The normalized spacial score (nSPS) is 15.8. The van der Waals surface area contributed by atoms with E-state index < -0.39 is 0 Å². The molecule has 4 nitrogen and oxygen atoms in total. The van der Waals surface area contributed by atoms with Gasteiger partial charge in [0.15, 0.2) is 5.96 Å². The van der Waals surface area contributed by atoms with E-state index in [4.69, 9.17) is 0 Å². The second-order valence-electron chi connectivity index (χ2n) is 6.29. The van der Waals surface area contributed by atoms with Gasteiger partial charge in [-0.25, -0.2) is 4.98 Å². The van der Waals surface area contributed by atoms with Crippen LogP contribution in [0.25, 0.3) is 0 Å². The maximum atomic E-state index is 4.61. The summed E-state index contributed by atoms with van der Waals surface area (Å²) >= 11 is 3.73. The van der Waals surface area contributed by atoms with Crippen molar-refractivity contribution in [2.24, 2.45) is 4.99 Å². The van der Waals surface area contributed by atoms with Gasteiger partial charge < -0.3 is 10.6 Å². The summed E-state index contributed by atoms with van der Waals surface area (Å²) in [5, 5.41) is 10.3. The Morgan fingerprint density at radius 1 is 1.28 bits per heavy atom. The predicted molar refractivity (Wildman–Crippen MR) is 109 cm³/mol. The van der Waals surface area contributed by atoms with Crippen molar-refractivity contribution >= 4 is 29.1 Å². The van der Waals surface area contributed by atoms with Crippen molar-refractivity contribution in [1.82, 2.24) is 15.6 Å². The SMILES string of the molecule is CCc1nc(CCNC(=NC)NCC2(Sc3ccccc3)CC2)cs1. The summed E-state index contributed by atoms with van der Waals surface area (Å²) in [6.45, 7) is 3.95.